The van der Waals surface area contributed by atoms with Crippen LogP contribution in [0.2, 0.25) is 0 Å². The van der Waals surface area contributed by atoms with E-state index in [0.29, 0.717) is 0 Å². The summed E-state index contributed by atoms with van der Waals surface area (Å²) in [5, 5.41) is 11.4. The van der Waals surface area contributed by atoms with Crippen LogP contribution in [0.1, 0.15) is 18.4 Å². The van der Waals surface area contributed by atoms with E-state index < -0.39 is 10.0 Å². The third-order valence-electron chi connectivity index (χ3n) is 2.79. The predicted octanol–water partition coefficient (Wildman–Crippen LogP) is -0.303. The number of nitrogens with two attached hydrogens (primary N) is 1. The summed E-state index contributed by atoms with van der Waals surface area (Å²) in [4.78, 5) is 11.3. The Morgan fingerprint density at radius 1 is 1.45 bits per heavy atom. The summed E-state index contributed by atoms with van der Waals surface area (Å²) in [5.74, 6) is -0.372. The quantitative estimate of drug-likeness (QED) is 0.643. The zero-order valence-electron chi connectivity index (χ0n) is 10.6. The number of sulfonamides is 1. The van der Waals surface area contributed by atoms with Gasteiger partial charge in [0.1, 0.15) is 4.90 Å². The Hall–Kier alpha value is -2.11. The molecule has 0 spiro atoms. The second-order valence-corrected chi connectivity index (χ2v) is 6.27. The Morgan fingerprint density at radius 2 is 2.15 bits per heavy atom. The smallest absolute Gasteiger partial charge is 0.243 e. The second-order valence-electron chi connectivity index (χ2n) is 4.53. The highest BCUT2D eigenvalue weighted by atomic mass is 32.2. The Morgan fingerprint density at radius 3 is 2.70 bits per heavy atom. The highest BCUT2D eigenvalue weighted by Crippen LogP contribution is 2.20. The molecule has 1 aromatic carbocycles. The van der Waals surface area contributed by atoms with E-state index in [4.69, 9.17) is 11.0 Å². The van der Waals surface area contributed by atoms with E-state index in [2.05, 4.69) is 10.0 Å². The molecule has 1 aliphatic carbocycles. The maximum absolute atomic E-state index is 12.0. The van der Waals surface area contributed by atoms with E-state index in [1.54, 1.807) is 0 Å². The maximum Gasteiger partial charge on any atom is 0.243 e. The highest BCUT2D eigenvalue weighted by Gasteiger charge is 2.24. The summed E-state index contributed by atoms with van der Waals surface area (Å²) in [5.41, 5.74) is 5.85. The van der Waals surface area contributed by atoms with Gasteiger partial charge in [-0.15, -0.1) is 0 Å². The summed E-state index contributed by atoms with van der Waals surface area (Å²) in [7, 11) is -3.87. The number of carbonyl (C=O) groups excluding carboxylic acids is 1. The number of nitrogens with zero attached hydrogens (tertiary/aromatic N) is 1. The first kappa shape index (κ1) is 14.3. The van der Waals surface area contributed by atoms with Crippen LogP contribution in [0.15, 0.2) is 23.1 Å². The summed E-state index contributed by atoms with van der Waals surface area (Å²) in [6.07, 6.45) is 1.86. The van der Waals surface area contributed by atoms with Crippen LogP contribution in [0.25, 0.3) is 0 Å². The average Bonchev–Trinajstić information content (AvgIpc) is 3.20. The number of nitriles is 1. The third kappa shape index (κ3) is 3.46. The van der Waals surface area contributed by atoms with Gasteiger partial charge in [-0.1, -0.05) is 0 Å². The van der Waals surface area contributed by atoms with Crippen LogP contribution in [0.5, 0.6) is 0 Å². The molecule has 0 heterocycles. The zero-order valence-corrected chi connectivity index (χ0v) is 11.4. The van der Waals surface area contributed by atoms with E-state index in [9.17, 15) is 13.2 Å². The van der Waals surface area contributed by atoms with Crippen molar-refractivity contribution in [3.05, 3.63) is 23.8 Å². The van der Waals surface area contributed by atoms with Crippen molar-refractivity contribution in [2.45, 2.75) is 23.8 Å². The standard InChI is InChI=1S/C12H14N4O3S/c13-6-8-1-4-11(10(14)5-8)20(18,19)15-7-12(17)16-9-2-3-9/h1,4-5,9,15H,2-3,7,14H2,(H,16,17). The number of anilines is 1. The van der Waals surface area contributed by atoms with Crippen molar-refractivity contribution in [2.75, 3.05) is 12.3 Å². The highest BCUT2D eigenvalue weighted by molar-refractivity contribution is 7.89. The van der Waals surface area contributed by atoms with E-state index in [1.807, 2.05) is 6.07 Å². The molecule has 0 saturated heterocycles. The van der Waals surface area contributed by atoms with E-state index in [-0.39, 0.29) is 34.6 Å². The largest absolute Gasteiger partial charge is 0.398 e. The van der Waals surface area contributed by atoms with Gasteiger partial charge >= 0.3 is 0 Å². The van der Waals surface area contributed by atoms with Crippen LogP contribution < -0.4 is 15.8 Å². The van der Waals surface area contributed by atoms with Crippen molar-refractivity contribution in [2.24, 2.45) is 0 Å². The molecule has 8 heteroatoms. The Kier molecular flexibility index (Phi) is 3.92. The van der Waals surface area contributed by atoms with E-state index in [1.165, 1.54) is 18.2 Å². The lowest BCUT2D eigenvalue weighted by atomic mass is 10.2. The van der Waals surface area contributed by atoms with Gasteiger partial charge in [0.15, 0.2) is 0 Å². The number of carbonyl (C=O) groups is 1. The molecule has 20 heavy (non-hydrogen) atoms. The van der Waals surface area contributed by atoms with Crippen LogP contribution >= 0.6 is 0 Å². The molecule has 0 bridgehead atoms. The van der Waals surface area contributed by atoms with Crippen molar-refractivity contribution in [3.63, 3.8) is 0 Å². The minimum Gasteiger partial charge on any atom is -0.398 e. The van der Waals surface area contributed by atoms with E-state index >= 15 is 0 Å². The molecule has 2 rings (SSSR count). The number of benzene rings is 1. The van der Waals surface area contributed by atoms with Gasteiger partial charge in [0.2, 0.25) is 15.9 Å². The third-order valence-corrected chi connectivity index (χ3v) is 4.27. The number of nitrogens with one attached hydrogen (secondary N) is 2. The van der Waals surface area contributed by atoms with Gasteiger partial charge in [0.25, 0.3) is 0 Å². The fraction of sp³-hybridized carbons (Fsp3) is 0.333. The Labute approximate surface area is 116 Å². The van der Waals surface area contributed by atoms with Crippen LogP contribution in [-0.4, -0.2) is 26.9 Å². The van der Waals surface area contributed by atoms with Gasteiger partial charge in [0.05, 0.1) is 23.9 Å². The molecule has 7 nitrogen and oxygen atoms in total. The number of hydrogen-bond acceptors (Lipinski definition) is 5. The topological polar surface area (TPSA) is 125 Å². The summed E-state index contributed by atoms with van der Waals surface area (Å²) < 4.78 is 26.2. The van der Waals surface area contributed by atoms with Crippen molar-refractivity contribution in [3.8, 4) is 6.07 Å². The molecule has 0 unspecified atom stereocenters. The van der Waals surface area contributed by atoms with Crippen LogP contribution in [0, 0.1) is 11.3 Å². The molecule has 1 saturated carbocycles. The van der Waals surface area contributed by atoms with Crippen LogP contribution in [0.4, 0.5) is 5.69 Å². The van der Waals surface area contributed by atoms with Crippen molar-refractivity contribution in [1.29, 1.82) is 5.26 Å². The molecule has 1 aliphatic rings. The number of rotatable bonds is 5. The molecule has 0 aromatic heterocycles. The van der Waals surface area contributed by atoms with Gasteiger partial charge in [0, 0.05) is 6.04 Å². The monoisotopic (exact) mass is 294 g/mol. The molecular weight excluding hydrogens is 280 g/mol. The number of nitrogen functional groups attached to an aromatic ring is 1. The molecule has 1 aromatic rings. The number of amides is 1. The van der Waals surface area contributed by atoms with Crippen LogP contribution in [0.3, 0.4) is 0 Å². The molecule has 0 aliphatic heterocycles. The lowest BCUT2D eigenvalue weighted by molar-refractivity contribution is -0.120. The Bertz CT molecular complexity index is 674. The first-order chi connectivity index (χ1) is 9.42. The van der Waals surface area contributed by atoms with Crippen molar-refractivity contribution >= 4 is 21.6 Å². The molecule has 1 fully saturated rings. The lowest BCUT2D eigenvalue weighted by Gasteiger charge is -2.09. The molecular formula is C12H14N4O3S. The summed E-state index contributed by atoms with van der Waals surface area (Å²) in [6, 6.07) is 5.92. The van der Waals surface area contributed by atoms with Crippen molar-refractivity contribution < 1.29 is 13.2 Å². The Balaban J connectivity index is 2.05. The molecule has 0 radical (unpaired) electrons. The minimum absolute atomic E-state index is 0.0286. The van der Waals surface area contributed by atoms with Gasteiger partial charge in [-0.2, -0.15) is 5.26 Å². The lowest BCUT2D eigenvalue weighted by Crippen LogP contribution is -2.38. The fourth-order valence-electron chi connectivity index (χ4n) is 1.61. The molecule has 1 amide bonds. The fourth-order valence-corrected chi connectivity index (χ4v) is 2.70. The summed E-state index contributed by atoms with van der Waals surface area (Å²) >= 11 is 0. The molecule has 0 atom stereocenters. The number of hydrogen-bond donors (Lipinski definition) is 3. The summed E-state index contributed by atoms with van der Waals surface area (Å²) in [6.45, 7) is -0.335. The van der Waals surface area contributed by atoms with Crippen molar-refractivity contribution in [1.82, 2.24) is 10.0 Å². The molecule has 4 N–H and O–H groups in total. The molecule has 106 valence electrons. The van der Waals surface area contributed by atoms with Crippen LogP contribution in [-0.2, 0) is 14.8 Å². The normalized spacial score (nSPS) is 14.6. The van der Waals surface area contributed by atoms with Gasteiger partial charge in [-0.3, -0.25) is 4.79 Å². The predicted molar refractivity (Wildman–Crippen MR) is 71.9 cm³/mol. The van der Waals surface area contributed by atoms with Gasteiger partial charge in [-0.25, -0.2) is 13.1 Å². The van der Waals surface area contributed by atoms with Gasteiger partial charge < -0.3 is 11.1 Å². The maximum atomic E-state index is 12.0. The van der Waals surface area contributed by atoms with Gasteiger partial charge in [-0.05, 0) is 31.0 Å². The first-order valence-corrected chi connectivity index (χ1v) is 7.49. The first-order valence-electron chi connectivity index (χ1n) is 6.01. The van der Waals surface area contributed by atoms with E-state index in [0.717, 1.165) is 12.8 Å². The second kappa shape index (κ2) is 5.48. The zero-order chi connectivity index (χ0) is 14.8. The minimum atomic E-state index is -3.87. The average molecular weight is 294 g/mol. The SMILES string of the molecule is N#Cc1ccc(S(=O)(=O)NCC(=O)NC2CC2)c(N)c1.